The molecule has 1 saturated carbocycles. The van der Waals surface area contributed by atoms with Crippen molar-refractivity contribution < 1.29 is 44.6 Å². The van der Waals surface area contributed by atoms with Gasteiger partial charge in [-0.25, -0.2) is 0 Å². The summed E-state index contributed by atoms with van der Waals surface area (Å²) in [6, 6.07) is 31.7. The molecule has 0 bridgehead atoms. The molecule has 10 heteroatoms. The maximum atomic E-state index is 14.0. The van der Waals surface area contributed by atoms with Crippen molar-refractivity contribution in [2.24, 2.45) is 11.8 Å². The number of hydrogen-bond donors (Lipinski definition) is 6. The number of nitrogens with one attached hydrogen (secondary N) is 1. The summed E-state index contributed by atoms with van der Waals surface area (Å²) < 4.78 is 11.6. The third-order valence-electron chi connectivity index (χ3n) is 8.42. The molecule has 6 atom stereocenters. The first-order chi connectivity index (χ1) is 21.8. The lowest BCUT2D eigenvalue weighted by Crippen LogP contribution is -2.53. The van der Waals surface area contributed by atoms with Gasteiger partial charge in [0.25, 0.3) is 0 Å². The summed E-state index contributed by atoms with van der Waals surface area (Å²) in [7, 11) is 0. The third kappa shape index (κ3) is 7.07. The highest BCUT2D eigenvalue weighted by Gasteiger charge is 2.59. The van der Waals surface area contributed by atoms with Crippen LogP contribution in [0.5, 0.6) is 5.75 Å². The zero-order valence-electron chi connectivity index (χ0n) is 24.4. The number of hydrogen-bond acceptors (Lipinski definition) is 10. The van der Waals surface area contributed by atoms with Gasteiger partial charge < -0.3 is 35.0 Å². The number of rotatable bonds is 13. The number of fused-ring (bicyclic) bond motifs is 1. The monoisotopic (exact) mass is 615 g/mol. The maximum absolute atomic E-state index is 14.0. The van der Waals surface area contributed by atoms with E-state index in [1.54, 1.807) is 6.07 Å². The molecule has 1 aliphatic rings. The Balaban J connectivity index is 1.36. The van der Waals surface area contributed by atoms with Crippen LogP contribution in [0.3, 0.4) is 0 Å². The van der Waals surface area contributed by atoms with Crippen molar-refractivity contribution in [1.29, 1.82) is 0 Å². The Kier molecular flexibility index (Phi) is 10.6. The van der Waals surface area contributed by atoms with E-state index >= 15 is 0 Å². The molecule has 45 heavy (non-hydrogen) atoms. The second-order valence-corrected chi connectivity index (χ2v) is 11.2. The van der Waals surface area contributed by atoms with Gasteiger partial charge in [-0.2, -0.15) is 0 Å². The molecule has 4 aromatic rings. The number of carbonyl (C=O) groups excluding carboxylic acids is 2. The minimum absolute atomic E-state index is 0.279. The van der Waals surface area contributed by atoms with E-state index in [9.17, 15) is 30.0 Å². The van der Waals surface area contributed by atoms with Gasteiger partial charge in [0.2, 0.25) is 0 Å². The lowest BCUT2D eigenvalue weighted by molar-refractivity contribution is -0.164. The molecule has 0 unspecified atom stereocenters. The second kappa shape index (κ2) is 14.7. The normalized spacial score (nSPS) is 22.1. The SMILES string of the molecule is O=C(OCNC[C@H](O)[C@@H](O)[C@H](O)[C@H](O)CO)[C@H]1[C@H](c2ccccc2)[C@H](C(=O)Oc2cccc3ccccc23)[C@H]1c1ccccc1. The van der Waals surface area contributed by atoms with Gasteiger partial charge in [0, 0.05) is 23.8 Å². The first-order valence-electron chi connectivity index (χ1n) is 14.8. The molecule has 4 aromatic carbocycles. The van der Waals surface area contributed by atoms with Crippen LogP contribution in [0.25, 0.3) is 10.8 Å². The molecule has 0 aromatic heterocycles. The van der Waals surface area contributed by atoms with Gasteiger partial charge in [0.15, 0.2) is 0 Å². The molecule has 5 rings (SSSR count). The molecule has 0 amide bonds. The van der Waals surface area contributed by atoms with E-state index in [4.69, 9.17) is 14.6 Å². The number of carbonyl (C=O) groups is 2. The van der Waals surface area contributed by atoms with Gasteiger partial charge in [-0.15, -0.1) is 0 Å². The maximum Gasteiger partial charge on any atom is 0.315 e. The minimum Gasteiger partial charge on any atom is -0.449 e. The lowest BCUT2D eigenvalue weighted by Gasteiger charge is -2.49. The number of aliphatic hydroxyl groups is 5. The Labute approximate surface area is 260 Å². The first kappa shape index (κ1) is 32.2. The van der Waals surface area contributed by atoms with Gasteiger partial charge in [-0.1, -0.05) is 97.1 Å². The Bertz CT molecular complexity index is 1510. The molecule has 236 valence electrons. The van der Waals surface area contributed by atoms with Crippen molar-refractivity contribution in [3.05, 3.63) is 114 Å². The predicted molar refractivity (Wildman–Crippen MR) is 165 cm³/mol. The number of aliphatic hydroxyl groups excluding tert-OH is 5. The fraction of sp³-hybridized carbons (Fsp3) is 0.314. The summed E-state index contributed by atoms with van der Waals surface area (Å²) in [5.74, 6) is -3.12. The molecule has 0 saturated heterocycles. The van der Waals surface area contributed by atoms with Crippen molar-refractivity contribution in [1.82, 2.24) is 5.32 Å². The van der Waals surface area contributed by atoms with Gasteiger partial charge in [-0.3, -0.25) is 14.9 Å². The molecular weight excluding hydrogens is 578 g/mol. The Morgan fingerprint density at radius 1 is 0.667 bits per heavy atom. The van der Waals surface area contributed by atoms with Crippen LogP contribution in [0.2, 0.25) is 0 Å². The van der Waals surface area contributed by atoms with Crippen LogP contribution < -0.4 is 10.1 Å². The van der Waals surface area contributed by atoms with Crippen LogP contribution in [-0.4, -0.2) is 81.8 Å². The van der Waals surface area contributed by atoms with Gasteiger partial charge >= 0.3 is 11.9 Å². The number of esters is 2. The van der Waals surface area contributed by atoms with Crippen LogP contribution in [0.4, 0.5) is 0 Å². The second-order valence-electron chi connectivity index (χ2n) is 11.2. The predicted octanol–water partition coefficient (Wildman–Crippen LogP) is 2.09. The van der Waals surface area contributed by atoms with Crippen molar-refractivity contribution >= 4 is 22.7 Å². The van der Waals surface area contributed by atoms with E-state index in [2.05, 4.69) is 5.32 Å². The Morgan fingerprint density at radius 2 is 1.20 bits per heavy atom. The molecule has 0 heterocycles. The standard InChI is InChI=1S/C35H37NO9/c37-19-26(39)33(41)32(40)25(38)18-36-20-44-34(42)30-28(22-11-3-1-4-12-22)31(29(30)23-13-5-2-6-14-23)35(43)45-27-17-9-15-21-10-7-8-16-24(21)27/h1-17,25-26,28-33,36-41H,18-20H2/t25-,26+,28-,29-,30-,31-,32+,33+/m0/s1. The highest BCUT2D eigenvalue weighted by atomic mass is 16.5. The van der Waals surface area contributed by atoms with E-state index < -0.39 is 66.6 Å². The molecule has 1 fully saturated rings. The summed E-state index contributed by atoms with van der Waals surface area (Å²) >= 11 is 0. The molecule has 0 spiro atoms. The smallest absolute Gasteiger partial charge is 0.315 e. The fourth-order valence-corrected chi connectivity index (χ4v) is 6.08. The summed E-state index contributed by atoms with van der Waals surface area (Å²) in [6.45, 7) is -1.40. The zero-order valence-corrected chi connectivity index (χ0v) is 24.4. The highest BCUT2D eigenvalue weighted by molar-refractivity contribution is 5.92. The van der Waals surface area contributed by atoms with Crippen molar-refractivity contribution in [3.8, 4) is 5.75 Å². The topological polar surface area (TPSA) is 166 Å². The zero-order chi connectivity index (χ0) is 31.9. The number of benzene rings is 4. The summed E-state index contributed by atoms with van der Waals surface area (Å²) in [5.41, 5.74) is 1.57. The quantitative estimate of drug-likeness (QED) is 0.0568. The van der Waals surface area contributed by atoms with Gasteiger partial charge in [0.1, 0.15) is 30.8 Å². The summed E-state index contributed by atoms with van der Waals surface area (Å²) in [4.78, 5) is 27.7. The summed E-state index contributed by atoms with van der Waals surface area (Å²) in [6.07, 6.45) is -6.67. The molecule has 1 aliphatic carbocycles. The van der Waals surface area contributed by atoms with Crippen LogP contribution in [0.15, 0.2) is 103 Å². The average Bonchev–Trinajstić information content (AvgIpc) is 3.06. The van der Waals surface area contributed by atoms with Crippen molar-refractivity contribution in [2.45, 2.75) is 36.3 Å². The van der Waals surface area contributed by atoms with E-state index in [0.29, 0.717) is 5.75 Å². The first-order valence-corrected chi connectivity index (χ1v) is 14.8. The lowest BCUT2D eigenvalue weighted by atomic mass is 9.52. The minimum atomic E-state index is -1.77. The molecule has 0 aliphatic heterocycles. The van der Waals surface area contributed by atoms with Crippen molar-refractivity contribution in [2.75, 3.05) is 19.9 Å². The molecule has 10 nitrogen and oxygen atoms in total. The van der Waals surface area contributed by atoms with E-state index in [1.165, 1.54) is 0 Å². The fourth-order valence-electron chi connectivity index (χ4n) is 6.08. The Morgan fingerprint density at radius 3 is 1.82 bits per heavy atom. The van der Waals surface area contributed by atoms with E-state index in [0.717, 1.165) is 21.9 Å². The molecule has 6 N–H and O–H groups in total. The largest absolute Gasteiger partial charge is 0.449 e. The van der Waals surface area contributed by atoms with Crippen LogP contribution in [0.1, 0.15) is 23.0 Å². The average molecular weight is 616 g/mol. The molecular formula is C35H37NO9. The third-order valence-corrected chi connectivity index (χ3v) is 8.42. The van der Waals surface area contributed by atoms with Crippen LogP contribution in [-0.2, 0) is 14.3 Å². The molecule has 0 radical (unpaired) electrons. The summed E-state index contributed by atoms with van der Waals surface area (Å²) in [5, 5.41) is 53.0. The van der Waals surface area contributed by atoms with E-state index in [-0.39, 0.29) is 13.3 Å². The van der Waals surface area contributed by atoms with Gasteiger partial charge in [-0.05, 0) is 22.6 Å². The van der Waals surface area contributed by atoms with E-state index in [1.807, 2.05) is 97.1 Å². The van der Waals surface area contributed by atoms with Gasteiger partial charge in [0.05, 0.1) is 24.5 Å². The Hall–Kier alpha value is -4.16. The highest BCUT2D eigenvalue weighted by Crippen LogP contribution is 2.58. The number of ether oxygens (including phenoxy) is 2. The van der Waals surface area contributed by atoms with Crippen LogP contribution >= 0.6 is 0 Å². The van der Waals surface area contributed by atoms with Crippen molar-refractivity contribution in [3.63, 3.8) is 0 Å². The van der Waals surface area contributed by atoms with Crippen LogP contribution in [0, 0.1) is 11.8 Å².